The van der Waals surface area contributed by atoms with Crippen molar-refractivity contribution in [2.24, 2.45) is 5.73 Å². The number of nitrogens with two attached hydrogens (primary N) is 1. The standard InChI is InChI=1S/C12H19N3O3/c1-9-10(7-18-14-9)6-15-4-2-3-12(17,8-15)5-11(13)16/h7,17H,2-6,8H2,1H3,(H2,13,16). The van der Waals surface area contributed by atoms with Crippen LogP contribution in [-0.2, 0) is 11.3 Å². The fourth-order valence-corrected chi connectivity index (χ4v) is 2.52. The summed E-state index contributed by atoms with van der Waals surface area (Å²) in [7, 11) is 0. The van der Waals surface area contributed by atoms with Gasteiger partial charge in [-0.2, -0.15) is 0 Å². The van der Waals surface area contributed by atoms with E-state index in [0.29, 0.717) is 19.5 Å². The summed E-state index contributed by atoms with van der Waals surface area (Å²) in [5.74, 6) is -0.458. The van der Waals surface area contributed by atoms with Crippen LogP contribution in [0.1, 0.15) is 30.5 Å². The molecule has 3 N–H and O–H groups in total. The summed E-state index contributed by atoms with van der Waals surface area (Å²) in [5.41, 5.74) is 6.05. The van der Waals surface area contributed by atoms with Crippen molar-refractivity contribution >= 4 is 5.91 Å². The Morgan fingerprint density at radius 1 is 1.72 bits per heavy atom. The molecule has 1 aromatic rings. The molecule has 6 heteroatoms. The Hall–Kier alpha value is -1.40. The average Bonchev–Trinajstić information content (AvgIpc) is 2.62. The van der Waals surface area contributed by atoms with Gasteiger partial charge in [0.2, 0.25) is 5.91 Å². The van der Waals surface area contributed by atoms with Gasteiger partial charge in [-0.05, 0) is 26.3 Å². The summed E-state index contributed by atoms with van der Waals surface area (Å²) in [6.07, 6.45) is 3.12. The van der Waals surface area contributed by atoms with E-state index in [2.05, 4.69) is 10.1 Å². The molecule has 2 heterocycles. The van der Waals surface area contributed by atoms with Crippen LogP contribution in [0.4, 0.5) is 0 Å². The first-order valence-corrected chi connectivity index (χ1v) is 6.11. The number of hydrogen-bond donors (Lipinski definition) is 2. The van der Waals surface area contributed by atoms with Gasteiger partial charge >= 0.3 is 0 Å². The van der Waals surface area contributed by atoms with Gasteiger partial charge in [-0.25, -0.2) is 0 Å². The van der Waals surface area contributed by atoms with E-state index in [1.165, 1.54) is 0 Å². The number of aliphatic hydroxyl groups is 1. The zero-order chi connectivity index (χ0) is 13.2. The van der Waals surface area contributed by atoms with Crippen LogP contribution < -0.4 is 5.73 Å². The third-order valence-electron chi connectivity index (χ3n) is 3.38. The van der Waals surface area contributed by atoms with Crippen molar-refractivity contribution in [2.75, 3.05) is 13.1 Å². The number of carbonyl (C=O) groups excluding carboxylic acids is 1. The van der Waals surface area contributed by atoms with E-state index in [1.54, 1.807) is 6.26 Å². The highest BCUT2D eigenvalue weighted by Crippen LogP contribution is 2.25. The summed E-state index contributed by atoms with van der Waals surface area (Å²) in [6, 6.07) is 0. The molecule has 1 aromatic heterocycles. The normalized spacial score (nSPS) is 25.2. The van der Waals surface area contributed by atoms with Gasteiger partial charge in [0.1, 0.15) is 6.26 Å². The largest absolute Gasteiger partial charge is 0.388 e. The van der Waals surface area contributed by atoms with Gasteiger partial charge in [0.05, 0.1) is 17.7 Å². The van der Waals surface area contributed by atoms with Crippen molar-refractivity contribution in [3.8, 4) is 0 Å². The monoisotopic (exact) mass is 253 g/mol. The summed E-state index contributed by atoms with van der Waals surface area (Å²) >= 11 is 0. The minimum absolute atomic E-state index is 0.0200. The molecule has 100 valence electrons. The van der Waals surface area contributed by atoms with Crippen LogP contribution in [-0.4, -0.2) is 39.8 Å². The molecule has 0 aliphatic carbocycles. The van der Waals surface area contributed by atoms with E-state index < -0.39 is 11.5 Å². The number of likely N-dealkylation sites (tertiary alicyclic amines) is 1. The quantitative estimate of drug-likeness (QED) is 0.798. The molecule has 1 aliphatic rings. The van der Waals surface area contributed by atoms with Crippen molar-refractivity contribution in [1.29, 1.82) is 0 Å². The Morgan fingerprint density at radius 2 is 2.50 bits per heavy atom. The van der Waals surface area contributed by atoms with Crippen LogP contribution in [0.5, 0.6) is 0 Å². The van der Waals surface area contributed by atoms with Gasteiger partial charge in [0, 0.05) is 18.7 Å². The number of piperidine rings is 1. The molecular formula is C12H19N3O3. The molecule has 0 bridgehead atoms. The Kier molecular flexibility index (Phi) is 3.68. The number of amides is 1. The average molecular weight is 253 g/mol. The van der Waals surface area contributed by atoms with Crippen molar-refractivity contribution in [3.05, 3.63) is 17.5 Å². The third kappa shape index (κ3) is 3.08. The first kappa shape index (κ1) is 13.0. The van der Waals surface area contributed by atoms with E-state index in [9.17, 15) is 9.90 Å². The molecular weight excluding hydrogens is 234 g/mol. The first-order valence-electron chi connectivity index (χ1n) is 6.11. The van der Waals surface area contributed by atoms with Gasteiger partial charge in [-0.3, -0.25) is 9.69 Å². The van der Waals surface area contributed by atoms with E-state index in [0.717, 1.165) is 24.2 Å². The van der Waals surface area contributed by atoms with Crippen LogP contribution in [0.15, 0.2) is 10.8 Å². The number of β-amino-alcohol motifs (C(OH)–C–C–N with tert-alkyl or cyclic N) is 1. The summed E-state index contributed by atoms with van der Waals surface area (Å²) in [4.78, 5) is 13.1. The maximum absolute atomic E-state index is 11.0. The van der Waals surface area contributed by atoms with Crippen LogP contribution in [0.3, 0.4) is 0 Å². The summed E-state index contributed by atoms with van der Waals surface area (Å²) < 4.78 is 4.89. The lowest BCUT2D eigenvalue weighted by Crippen LogP contribution is -2.49. The highest BCUT2D eigenvalue weighted by atomic mass is 16.5. The number of primary amides is 1. The Bertz CT molecular complexity index is 432. The Labute approximate surface area is 106 Å². The lowest BCUT2D eigenvalue weighted by atomic mass is 9.89. The van der Waals surface area contributed by atoms with Gasteiger partial charge in [0.25, 0.3) is 0 Å². The van der Waals surface area contributed by atoms with Crippen LogP contribution in [0.25, 0.3) is 0 Å². The van der Waals surface area contributed by atoms with Gasteiger partial charge < -0.3 is 15.4 Å². The minimum atomic E-state index is -0.991. The molecule has 0 saturated carbocycles. The second-order valence-electron chi connectivity index (χ2n) is 5.11. The predicted molar refractivity (Wildman–Crippen MR) is 64.5 cm³/mol. The first-order chi connectivity index (χ1) is 8.48. The van der Waals surface area contributed by atoms with Crippen molar-refractivity contribution in [1.82, 2.24) is 10.1 Å². The van der Waals surface area contributed by atoms with Crippen molar-refractivity contribution in [3.63, 3.8) is 0 Å². The molecule has 1 aliphatic heterocycles. The predicted octanol–water partition coefficient (Wildman–Crippen LogP) is 0.185. The maximum Gasteiger partial charge on any atom is 0.220 e. The second-order valence-corrected chi connectivity index (χ2v) is 5.11. The molecule has 18 heavy (non-hydrogen) atoms. The fraction of sp³-hybridized carbons (Fsp3) is 0.667. The summed E-state index contributed by atoms with van der Waals surface area (Å²) in [5, 5.41) is 14.2. The van der Waals surface area contributed by atoms with E-state index in [4.69, 9.17) is 10.3 Å². The third-order valence-corrected chi connectivity index (χ3v) is 3.38. The molecule has 0 radical (unpaired) electrons. The molecule has 0 aromatic carbocycles. The zero-order valence-electron chi connectivity index (χ0n) is 10.6. The van der Waals surface area contributed by atoms with E-state index in [-0.39, 0.29) is 6.42 Å². The van der Waals surface area contributed by atoms with Gasteiger partial charge in [-0.1, -0.05) is 5.16 Å². The molecule has 6 nitrogen and oxygen atoms in total. The number of hydrogen-bond acceptors (Lipinski definition) is 5. The van der Waals surface area contributed by atoms with E-state index >= 15 is 0 Å². The fourth-order valence-electron chi connectivity index (χ4n) is 2.52. The van der Waals surface area contributed by atoms with Crippen molar-refractivity contribution in [2.45, 2.75) is 38.3 Å². The molecule has 2 rings (SSSR count). The molecule has 1 atom stereocenters. The van der Waals surface area contributed by atoms with Crippen LogP contribution >= 0.6 is 0 Å². The molecule has 1 saturated heterocycles. The number of carbonyl (C=O) groups is 1. The van der Waals surface area contributed by atoms with Gasteiger partial charge in [-0.15, -0.1) is 0 Å². The second kappa shape index (κ2) is 5.07. The van der Waals surface area contributed by atoms with Crippen LogP contribution in [0.2, 0.25) is 0 Å². The molecule has 1 fully saturated rings. The molecule has 1 amide bonds. The smallest absolute Gasteiger partial charge is 0.220 e. The highest BCUT2D eigenvalue weighted by Gasteiger charge is 2.34. The highest BCUT2D eigenvalue weighted by molar-refractivity contribution is 5.75. The van der Waals surface area contributed by atoms with Crippen LogP contribution in [0, 0.1) is 6.92 Å². The topological polar surface area (TPSA) is 92.6 Å². The number of nitrogens with zero attached hydrogens (tertiary/aromatic N) is 2. The Balaban J connectivity index is 1.98. The molecule has 1 unspecified atom stereocenters. The molecule has 0 spiro atoms. The summed E-state index contributed by atoms with van der Waals surface area (Å²) in [6.45, 7) is 3.92. The number of aryl methyl sites for hydroxylation is 1. The van der Waals surface area contributed by atoms with Gasteiger partial charge in [0.15, 0.2) is 0 Å². The lowest BCUT2D eigenvalue weighted by molar-refractivity contribution is -0.125. The minimum Gasteiger partial charge on any atom is -0.388 e. The Morgan fingerprint density at radius 3 is 3.11 bits per heavy atom. The number of rotatable bonds is 4. The number of aromatic nitrogens is 1. The SMILES string of the molecule is Cc1nocc1CN1CCCC(O)(CC(N)=O)C1. The van der Waals surface area contributed by atoms with E-state index in [1.807, 2.05) is 6.92 Å². The zero-order valence-corrected chi connectivity index (χ0v) is 10.6. The van der Waals surface area contributed by atoms with Crippen molar-refractivity contribution < 1.29 is 14.4 Å². The maximum atomic E-state index is 11.0. The lowest BCUT2D eigenvalue weighted by Gasteiger charge is -2.38.